The van der Waals surface area contributed by atoms with E-state index in [-0.39, 0.29) is 0 Å². The molecule has 3 aromatic rings. The number of aromatic nitrogens is 2. The zero-order valence-corrected chi connectivity index (χ0v) is 13.0. The Balaban J connectivity index is 1.83. The molecule has 3 nitrogen and oxygen atoms in total. The molecule has 0 saturated heterocycles. The summed E-state index contributed by atoms with van der Waals surface area (Å²) in [7, 11) is 0. The summed E-state index contributed by atoms with van der Waals surface area (Å²) in [6.45, 7) is 4.24. The van der Waals surface area contributed by atoms with Gasteiger partial charge in [0.2, 0.25) is 0 Å². The first-order valence-corrected chi connectivity index (χ1v) is 8.13. The zero-order valence-electron chi connectivity index (χ0n) is 12.2. The van der Waals surface area contributed by atoms with Gasteiger partial charge in [-0.3, -0.25) is 0 Å². The summed E-state index contributed by atoms with van der Waals surface area (Å²) >= 11 is 1.83. The van der Waals surface area contributed by atoms with Crippen LogP contribution in [-0.2, 0) is 12.8 Å². The van der Waals surface area contributed by atoms with Crippen LogP contribution < -0.4 is 5.32 Å². The van der Waals surface area contributed by atoms with Gasteiger partial charge in [-0.25, -0.2) is 9.97 Å². The molecule has 2 heterocycles. The van der Waals surface area contributed by atoms with Crippen LogP contribution in [0.5, 0.6) is 0 Å². The molecular weight excluding hydrogens is 278 g/mol. The van der Waals surface area contributed by atoms with E-state index < -0.39 is 0 Å². The largest absolute Gasteiger partial charge is 0.340 e. The van der Waals surface area contributed by atoms with Crippen molar-refractivity contribution >= 4 is 33.1 Å². The molecule has 0 amide bonds. The Labute approximate surface area is 128 Å². The van der Waals surface area contributed by atoms with Crippen molar-refractivity contribution in [1.82, 2.24) is 9.97 Å². The predicted octanol–water partition coefficient (Wildman–Crippen LogP) is 4.54. The summed E-state index contributed by atoms with van der Waals surface area (Å²) in [6.07, 6.45) is 5.28. The molecule has 0 unspecified atom stereocenters. The lowest BCUT2D eigenvalue weighted by molar-refractivity contribution is 0.917. The number of benzene rings is 1. The van der Waals surface area contributed by atoms with Gasteiger partial charge in [0, 0.05) is 10.6 Å². The Morgan fingerprint density at radius 3 is 2.67 bits per heavy atom. The van der Waals surface area contributed by atoms with Gasteiger partial charge in [-0.15, -0.1) is 11.3 Å². The summed E-state index contributed by atoms with van der Waals surface area (Å²) < 4.78 is 0. The third-order valence-corrected chi connectivity index (χ3v) is 5.19. The van der Waals surface area contributed by atoms with Gasteiger partial charge >= 0.3 is 0 Å². The van der Waals surface area contributed by atoms with Gasteiger partial charge in [0.05, 0.1) is 5.39 Å². The minimum Gasteiger partial charge on any atom is -0.340 e. The Bertz CT molecular complexity index is 815. The van der Waals surface area contributed by atoms with Crippen molar-refractivity contribution in [2.45, 2.75) is 33.1 Å². The lowest BCUT2D eigenvalue weighted by Gasteiger charge is -2.09. The molecule has 1 N–H and O–H groups in total. The van der Waals surface area contributed by atoms with Crippen molar-refractivity contribution in [2.75, 3.05) is 5.32 Å². The fourth-order valence-corrected chi connectivity index (χ4v) is 4.44. The van der Waals surface area contributed by atoms with Crippen molar-refractivity contribution in [3.05, 3.63) is 46.1 Å². The van der Waals surface area contributed by atoms with Crippen molar-refractivity contribution in [2.24, 2.45) is 0 Å². The molecule has 4 rings (SSSR count). The number of nitrogens with one attached hydrogen (secondary N) is 1. The highest BCUT2D eigenvalue weighted by Gasteiger charge is 2.21. The first-order chi connectivity index (χ1) is 10.2. The molecule has 0 saturated carbocycles. The van der Waals surface area contributed by atoms with Gasteiger partial charge in [-0.2, -0.15) is 0 Å². The van der Waals surface area contributed by atoms with Crippen LogP contribution in [0.4, 0.5) is 11.5 Å². The molecule has 0 fully saturated rings. The van der Waals surface area contributed by atoms with Crippen LogP contribution in [0.3, 0.4) is 0 Å². The Hall–Kier alpha value is -1.94. The quantitative estimate of drug-likeness (QED) is 0.754. The number of fused-ring (bicyclic) bond motifs is 3. The van der Waals surface area contributed by atoms with E-state index in [9.17, 15) is 0 Å². The van der Waals surface area contributed by atoms with Crippen LogP contribution in [0.1, 0.15) is 28.0 Å². The fraction of sp³-hybridized carbons (Fsp3) is 0.294. The van der Waals surface area contributed by atoms with E-state index in [2.05, 4.69) is 47.3 Å². The summed E-state index contributed by atoms with van der Waals surface area (Å²) in [4.78, 5) is 11.6. The number of nitrogens with zero attached hydrogens (tertiary/aromatic N) is 2. The zero-order chi connectivity index (χ0) is 14.4. The van der Waals surface area contributed by atoms with Crippen LogP contribution in [0.2, 0.25) is 0 Å². The van der Waals surface area contributed by atoms with Gasteiger partial charge in [0.15, 0.2) is 0 Å². The molecule has 1 aliphatic rings. The molecule has 1 aliphatic carbocycles. The second-order valence-electron chi connectivity index (χ2n) is 5.76. The average molecular weight is 295 g/mol. The smallest absolute Gasteiger partial charge is 0.142 e. The van der Waals surface area contributed by atoms with E-state index >= 15 is 0 Å². The molecule has 0 bridgehead atoms. The monoisotopic (exact) mass is 295 g/mol. The van der Waals surface area contributed by atoms with Crippen molar-refractivity contribution in [3.8, 4) is 0 Å². The highest BCUT2D eigenvalue weighted by Crippen LogP contribution is 2.39. The number of rotatable bonds is 2. The maximum Gasteiger partial charge on any atom is 0.142 e. The van der Waals surface area contributed by atoms with Gasteiger partial charge in [0.25, 0.3) is 0 Å². The Morgan fingerprint density at radius 2 is 1.86 bits per heavy atom. The lowest BCUT2D eigenvalue weighted by Crippen LogP contribution is -1.97. The number of hydrogen-bond acceptors (Lipinski definition) is 4. The second kappa shape index (κ2) is 4.81. The van der Waals surface area contributed by atoms with E-state index in [1.165, 1.54) is 39.8 Å². The normalized spacial score (nSPS) is 13.6. The average Bonchev–Trinajstić information content (AvgIpc) is 2.97. The summed E-state index contributed by atoms with van der Waals surface area (Å²) in [5.74, 6) is 0.949. The molecule has 1 aromatic carbocycles. The van der Waals surface area contributed by atoms with E-state index in [0.29, 0.717) is 0 Å². The van der Waals surface area contributed by atoms with E-state index in [1.54, 1.807) is 6.33 Å². The van der Waals surface area contributed by atoms with Gasteiger partial charge in [-0.05, 0) is 61.9 Å². The molecule has 0 radical (unpaired) electrons. The van der Waals surface area contributed by atoms with Crippen molar-refractivity contribution in [1.29, 1.82) is 0 Å². The summed E-state index contributed by atoms with van der Waals surface area (Å²) in [5, 5.41) is 4.73. The van der Waals surface area contributed by atoms with E-state index in [4.69, 9.17) is 0 Å². The number of hydrogen-bond donors (Lipinski definition) is 1. The van der Waals surface area contributed by atoms with Crippen LogP contribution in [0, 0.1) is 13.8 Å². The summed E-state index contributed by atoms with van der Waals surface area (Å²) in [6, 6.07) is 6.50. The summed E-state index contributed by atoms with van der Waals surface area (Å²) in [5.41, 5.74) is 5.09. The minimum atomic E-state index is 0.949. The van der Waals surface area contributed by atoms with Gasteiger partial charge in [0.1, 0.15) is 17.0 Å². The standard InChI is InChI=1S/C17H17N3S/c1-10-6-11(2)8-12(7-10)20-16-15-13-4-3-5-14(13)21-17(15)19-9-18-16/h6-9H,3-5H2,1-2H3,(H,18,19,20). The maximum atomic E-state index is 4.50. The molecule has 2 aromatic heterocycles. The minimum absolute atomic E-state index is 0.949. The van der Waals surface area contributed by atoms with E-state index in [1.807, 2.05) is 11.3 Å². The Morgan fingerprint density at radius 1 is 1.05 bits per heavy atom. The third-order valence-electron chi connectivity index (χ3n) is 3.99. The molecule has 21 heavy (non-hydrogen) atoms. The van der Waals surface area contributed by atoms with Crippen LogP contribution in [0.25, 0.3) is 10.2 Å². The van der Waals surface area contributed by atoms with Gasteiger partial charge < -0.3 is 5.32 Å². The maximum absolute atomic E-state index is 4.50. The van der Waals surface area contributed by atoms with E-state index in [0.717, 1.165) is 22.8 Å². The molecular formula is C17H17N3S. The lowest BCUT2D eigenvalue weighted by atomic mass is 10.1. The Kier molecular flexibility index (Phi) is 2.93. The molecule has 0 atom stereocenters. The highest BCUT2D eigenvalue weighted by molar-refractivity contribution is 7.19. The SMILES string of the molecule is Cc1cc(C)cc(Nc2ncnc3sc4c(c23)CCC4)c1. The first kappa shape index (κ1) is 12.8. The van der Waals surface area contributed by atoms with Crippen LogP contribution in [0.15, 0.2) is 24.5 Å². The third kappa shape index (κ3) is 2.20. The van der Waals surface area contributed by atoms with Crippen LogP contribution in [-0.4, -0.2) is 9.97 Å². The molecule has 0 aliphatic heterocycles. The van der Waals surface area contributed by atoms with Crippen molar-refractivity contribution < 1.29 is 0 Å². The highest BCUT2D eigenvalue weighted by atomic mass is 32.1. The molecule has 0 spiro atoms. The number of thiophene rings is 1. The predicted molar refractivity (Wildman–Crippen MR) is 88.6 cm³/mol. The number of anilines is 2. The van der Waals surface area contributed by atoms with Gasteiger partial charge in [-0.1, -0.05) is 6.07 Å². The van der Waals surface area contributed by atoms with Crippen LogP contribution >= 0.6 is 11.3 Å². The van der Waals surface area contributed by atoms with Crippen molar-refractivity contribution in [3.63, 3.8) is 0 Å². The second-order valence-corrected chi connectivity index (χ2v) is 6.84. The molecule has 106 valence electrons. The topological polar surface area (TPSA) is 37.8 Å². The number of aryl methyl sites for hydroxylation is 4. The fourth-order valence-electron chi connectivity index (χ4n) is 3.21. The first-order valence-electron chi connectivity index (χ1n) is 7.31. The molecule has 4 heteroatoms.